The smallest absolute Gasteiger partial charge is 0.326 e. The Balaban J connectivity index is 1.47. The molecule has 0 saturated heterocycles. The lowest BCUT2D eigenvalue weighted by atomic mass is 10.0. The van der Waals surface area contributed by atoms with E-state index >= 15 is 0 Å². The molecule has 1 heterocycles. The maximum Gasteiger partial charge on any atom is 0.326 e. The van der Waals surface area contributed by atoms with Crippen molar-refractivity contribution in [3.8, 4) is 17.1 Å². The number of benzene rings is 3. The summed E-state index contributed by atoms with van der Waals surface area (Å²) in [5.74, 6) is -2.63. The largest absolute Gasteiger partial charge is 0.508 e. The van der Waals surface area contributed by atoms with Gasteiger partial charge in [-0.15, -0.1) is 0 Å². The van der Waals surface area contributed by atoms with E-state index in [4.69, 9.17) is 5.73 Å². The van der Waals surface area contributed by atoms with E-state index in [1.54, 1.807) is 18.3 Å². The summed E-state index contributed by atoms with van der Waals surface area (Å²) < 4.78 is 0. The molecular weight excluding hydrogens is 751 g/mol. The van der Waals surface area contributed by atoms with Crippen LogP contribution in [0.3, 0.4) is 0 Å². The van der Waals surface area contributed by atoms with Crippen LogP contribution in [0, 0.1) is 6.92 Å². The van der Waals surface area contributed by atoms with Crippen molar-refractivity contribution >= 4 is 29.6 Å². The maximum atomic E-state index is 14.1. The summed E-state index contributed by atoms with van der Waals surface area (Å²) in [5, 5.41) is 30.8. The molecule has 0 spiro atoms. The Morgan fingerprint density at radius 2 is 1.32 bits per heavy atom. The summed E-state index contributed by atoms with van der Waals surface area (Å²) in [6, 6.07) is 18.1. The number of phenols is 1. The number of aromatic nitrogens is 2. The van der Waals surface area contributed by atoms with Gasteiger partial charge in [0.1, 0.15) is 29.7 Å². The van der Waals surface area contributed by atoms with Crippen molar-refractivity contribution in [3.63, 3.8) is 0 Å². The molecule has 0 unspecified atom stereocenters. The third-order valence-electron chi connectivity index (χ3n) is 10.0. The van der Waals surface area contributed by atoms with Crippen LogP contribution in [0.1, 0.15) is 87.1 Å². The second kappa shape index (κ2) is 24.0. The van der Waals surface area contributed by atoms with Crippen molar-refractivity contribution in [1.29, 1.82) is 0 Å². The number of H-pyrrole nitrogens is 1. The van der Waals surface area contributed by atoms with Crippen LogP contribution in [0.4, 0.5) is 0 Å². The zero-order valence-corrected chi connectivity index (χ0v) is 34.0. The third kappa shape index (κ3) is 16.0. The Morgan fingerprint density at radius 1 is 0.712 bits per heavy atom. The van der Waals surface area contributed by atoms with Gasteiger partial charge in [0.05, 0.1) is 11.7 Å². The van der Waals surface area contributed by atoms with E-state index in [0.29, 0.717) is 42.9 Å². The molecule has 0 fully saturated rings. The SMILES string of the molecule is CCCCCCCC(=O)NCCCC[C@H](NC(=O)[C@@H](N)Cc1c[nH]c(-c2ccccc2)n1)C(=O)N[C@H](Cc1ccc(C)cc1)C(=O)N[C@@H](Cc1ccc(O)cc1)C(=O)O. The monoisotopic (exact) mass is 809 g/mol. The fourth-order valence-corrected chi connectivity index (χ4v) is 6.53. The van der Waals surface area contributed by atoms with E-state index in [-0.39, 0.29) is 37.3 Å². The zero-order valence-electron chi connectivity index (χ0n) is 34.0. The number of hydrogen-bond donors (Lipinski definition) is 8. The summed E-state index contributed by atoms with van der Waals surface area (Å²) in [4.78, 5) is 73.9. The average Bonchev–Trinajstić information content (AvgIpc) is 3.69. The van der Waals surface area contributed by atoms with Gasteiger partial charge in [-0.25, -0.2) is 9.78 Å². The predicted molar refractivity (Wildman–Crippen MR) is 226 cm³/mol. The molecule has 0 bridgehead atoms. The molecule has 3 aromatic carbocycles. The van der Waals surface area contributed by atoms with Gasteiger partial charge in [0.2, 0.25) is 23.6 Å². The first-order valence-corrected chi connectivity index (χ1v) is 20.5. The van der Waals surface area contributed by atoms with Crippen LogP contribution < -0.4 is 27.0 Å². The quantitative estimate of drug-likeness (QED) is 0.0436. The molecule has 4 rings (SSSR count). The number of carboxylic acid groups (broad SMARTS) is 1. The minimum absolute atomic E-state index is 0.0180. The Hall–Kier alpha value is -6.02. The lowest BCUT2D eigenvalue weighted by Crippen LogP contribution is -2.58. The molecule has 0 aliphatic heterocycles. The number of imidazole rings is 1. The highest BCUT2D eigenvalue weighted by Crippen LogP contribution is 2.16. The molecule has 0 saturated carbocycles. The number of nitrogens with zero attached hydrogens (tertiary/aromatic N) is 1. The molecule has 9 N–H and O–H groups in total. The highest BCUT2D eigenvalue weighted by atomic mass is 16.4. The normalized spacial score (nSPS) is 13.1. The average molecular weight is 810 g/mol. The lowest BCUT2D eigenvalue weighted by molar-refractivity contribution is -0.142. The number of amides is 4. The summed E-state index contributed by atoms with van der Waals surface area (Å²) >= 11 is 0. The summed E-state index contributed by atoms with van der Waals surface area (Å²) in [5.41, 5.74) is 10.1. The van der Waals surface area contributed by atoms with Gasteiger partial charge in [-0.3, -0.25) is 19.2 Å². The molecule has 0 aliphatic rings. The number of aryl methyl sites for hydroxylation is 1. The first kappa shape index (κ1) is 45.7. The molecule has 14 heteroatoms. The van der Waals surface area contributed by atoms with Gasteiger partial charge >= 0.3 is 5.97 Å². The molecule has 4 amide bonds. The number of nitrogens with two attached hydrogens (primary N) is 1. The van der Waals surface area contributed by atoms with E-state index in [2.05, 4.69) is 38.2 Å². The third-order valence-corrected chi connectivity index (χ3v) is 10.0. The van der Waals surface area contributed by atoms with Crippen molar-refractivity contribution in [1.82, 2.24) is 31.2 Å². The van der Waals surface area contributed by atoms with Crippen molar-refractivity contribution in [2.75, 3.05) is 6.54 Å². The standard InChI is InChI=1S/C45H59N7O7/c1-3-4-5-6-10-16-40(54)47-25-12-11-15-37(50-42(55)36(46)28-34-29-48-41(49-34)33-13-8-7-9-14-33)43(56)51-38(26-31-19-17-30(2)18-20-31)44(57)52-39(45(58)59)27-32-21-23-35(53)24-22-32/h7-9,13-14,17-24,29,36-39,53H,3-6,10-12,15-16,25-28,46H2,1-2H3,(H,47,54)(H,48,49)(H,50,55)(H,51,56)(H,52,57)(H,58,59)/t36-,37-,38+,39-/m0/s1. The van der Waals surface area contributed by atoms with Gasteiger partial charge in [-0.2, -0.15) is 0 Å². The first-order chi connectivity index (χ1) is 28.4. The van der Waals surface area contributed by atoms with Gasteiger partial charge < -0.3 is 42.2 Å². The molecule has 0 radical (unpaired) electrons. The molecule has 4 aromatic rings. The Bertz CT molecular complexity index is 1930. The van der Waals surface area contributed by atoms with Gasteiger partial charge in [-0.1, -0.05) is 105 Å². The molecular formula is C45H59N7O7. The molecule has 1 aromatic heterocycles. The van der Waals surface area contributed by atoms with E-state index < -0.39 is 47.9 Å². The van der Waals surface area contributed by atoms with E-state index in [1.807, 2.05) is 61.5 Å². The van der Waals surface area contributed by atoms with Gasteiger partial charge in [0.25, 0.3) is 0 Å². The summed E-state index contributed by atoms with van der Waals surface area (Å²) in [6.07, 6.45) is 8.57. The maximum absolute atomic E-state index is 14.1. The summed E-state index contributed by atoms with van der Waals surface area (Å²) in [6.45, 7) is 4.46. The van der Waals surface area contributed by atoms with Crippen LogP contribution in [-0.2, 0) is 43.2 Å². The number of hydrogen-bond acceptors (Lipinski definition) is 8. The number of aliphatic carboxylic acids is 1. The molecule has 0 aliphatic carbocycles. The van der Waals surface area contributed by atoms with Gasteiger partial charge in [0.15, 0.2) is 0 Å². The number of carboxylic acids is 1. The fraction of sp³-hybridized carbons (Fsp3) is 0.422. The number of unbranched alkanes of at least 4 members (excludes halogenated alkanes) is 5. The Labute approximate surface area is 346 Å². The van der Waals surface area contributed by atoms with E-state index in [9.17, 15) is 34.2 Å². The van der Waals surface area contributed by atoms with Gasteiger partial charge in [0, 0.05) is 44.0 Å². The second-order valence-electron chi connectivity index (χ2n) is 15.0. The minimum Gasteiger partial charge on any atom is -0.508 e. The number of carbonyl (C=O) groups excluding carboxylic acids is 4. The van der Waals surface area contributed by atoms with E-state index in [1.165, 1.54) is 12.1 Å². The molecule has 316 valence electrons. The number of nitrogens with one attached hydrogen (secondary N) is 5. The lowest BCUT2D eigenvalue weighted by Gasteiger charge is -2.25. The molecule has 4 atom stereocenters. The number of rotatable bonds is 25. The Kier molecular flexibility index (Phi) is 18.6. The van der Waals surface area contributed by atoms with Crippen molar-refractivity contribution in [2.45, 2.75) is 115 Å². The second-order valence-corrected chi connectivity index (χ2v) is 15.0. The Morgan fingerprint density at radius 3 is 2.00 bits per heavy atom. The molecule has 59 heavy (non-hydrogen) atoms. The fourth-order valence-electron chi connectivity index (χ4n) is 6.53. The summed E-state index contributed by atoms with van der Waals surface area (Å²) in [7, 11) is 0. The van der Waals surface area contributed by atoms with Crippen molar-refractivity contribution < 1.29 is 34.2 Å². The van der Waals surface area contributed by atoms with Crippen molar-refractivity contribution in [3.05, 3.63) is 107 Å². The zero-order chi connectivity index (χ0) is 42.6. The highest BCUT2D eigenvalue weighted by Gasteiger charge is 2.31. The van der Waals surface area contributed by atoms with Crippen LogP contribution in [0.2, 0.25) is 0 Å². The molecule has 14 nitrogen and oxygen atoms in total. The number of phenolic OH excluding ortho intramolecular Hbond substituents is 1. The number of aromatic amines is 1. The number of aromatic hydroxyl groups is 1. The van der Waals surface area contributed by atoms with Gasteiger partial charge in [-0.05, 0) is 55.9 Å². The van der Waals surface area contributed by atoms with Crippen molar-refractivity contribution in [2.24, 2.45) is 5.73 Å². The number of carbonyl (C=O) groups is 5. The minimum atomic E-state index is -1.34. The van der Waals surface area contributed by atoms with Crippen LogP contribution in [0.15, 0.2) is 85.1 Å². The van der Waals surface area contributed by atoms with Crippen LogP contribution in [0.5, 0.6) is 5.75 Å². The van der Waals surface area contributed by atoms with E-state index in [0.717, 1.165) is 48.8 Å². The van der Waals surface area contributed by atoms with Crippen LogP contribution in [0.25, 0.3) is 11.4 Å². The van der Waals surface area contributed by atoms with Crippen LogP contribution in [-0.4, -0.2) is 80.5 Å². The predicted octanol–water partition coefficient (Wildman–Crippen LogP) is 4.63. The topological polar surface area (TPSA) is 229 Å². The van der Waals surface area contributed by atoms with Crippen LogP contribution >= 0.6 is 0 Å². The highest BCUT2D eigenvalue weighted by molar-refractivity contribution is 5.94. The first-order valence-electron chi connectivity index (χ1n) is 20.5.